The second kappa shape index (κ2) is 31.3. The van der Waals surface area contributed by atoms with Crippen molar-refractivity contribution in [1.29, 1.82) is 0 Å². The molecule has 2 aliphatic heterocycles. The minimum Gasteiger partial charge on any atom is -0.333 e. The lowest BCUT2D eigenvalue weighted by Gasteiger charge is -2.37. The van der Waals surface area contributed by atoms with E-state index in [1.54, 1.807) is 0 Å². The van der Waals surface area contributed by atoms with Gasteiger partial charge < -0.3 is 39.3 Å². The predicted molar refractivity (Wildman–Crippen MR) is 345 cm³/mol. The van der Waals surface area contributed by atoms with Gasteiger partial charge in [-0.05, 0) is 137 Å². The van der Waals surface area contributed by atoms with Gasteiger partial charge in [0.1, 0.15) is 0 Å². The van der Waals surface area contributed by atoms with Gasteiger partial charge in [-0.3, -0.25) is 4.79 Å². The van der Waals surface area contributed by atoms with Crippen molar-refractivity contribution in [3.8, 4) is 0 Å². The fourth-order valence-electron chi connectivity index (χ4n) is 10.8. The molecule has 1 aliphatic carbocycles. The Bertz CT molecular complexity index is 3230. The van der Waals surface area contributed by atoms with Crippen molar-refractivity contribution in [2.75, 3.05) is 0 Å². The average Bonchev–Trinajstić information content (AvgIpc) is 4.25. The molecule has 0 aromatic heterocycles. The van der Waals surface area contributed by atoms with E-state index >= 15 is 0 Å². The van der Waals surface area contributed by atoms with E-state index in [1.807, 2.05) is 165 Å². The van der Waals surface area contributed by atoms with Crippen molar-refractivity contribution in [3.63, 3.8) is 0 Å². The van der Waals surface area contributed by atoms with Crippen molar-refractivity contribution >= 4 is 28.3 Å². The Labute approximate surface area is 493 Å². The molecular formula is C73H86ClN7O. The molecule has 82 heavy (non-hydrogen) atoms. The summed E-state index contributed by atoms with van der Waals surface area (Å²) in [5.74, 6) is 0.185. The van der Waals surface area contributed by atoms with Crippen LogP contribution in [0.4, 0.5) is 0 Å². The molecule has 2 heterocycles. The summed E-state index contributed by atoms with van der Waals surface area (Å²) in [6.45, 7) is 8.45. The molecule has 8 nitrogen and oxygen atoms in total. The van der Waals surface area contributed by atoms with Crippen LogP contribution in [0.2, 0.25) is 5.02 Å². The van der Waals surface area contributed by atoms with Gasteiger partial charge in [0.05, 0.1) is 6.04 Å². The Balaban J connectivity index is 0.000000143. The molecule has 7 atom stereocenters. The summed E-state index contributed by atoms with van der Waals surface area (Å²) in [7, 11) is 0. The summed E-state index contributed by atoms with van der Waals surface area (Å²) in [5.41, 5.74) is 46.8. The molecular weight excluding hydrogens is 1030 g/mol. The molecule has 3 aliphatic rings. The Hall–Kier alpha value is -7.24. The summed E-state index contributed by atoms with van der Waals surface area (Å²) in [6, 6.07) is 82.7. The molecule has 2 fully saturated rings. The number of amides is 1. The molecule has 0 spiro atoms. The van der Waals surface area contributed by atoms with Gasteiger partial charge in [0.2, 0.25) is 0 Å². The fraction of sp³-hybridized carbons (Fsp3) is 0.274. The summed E-state index contributed by atoms with van der Waals surface area (Å²) >= 11 is 5.82. The third-order valence-electron chi connectivity index (χ3n) is 15.5. The summed E-state index contributed by atoms with van der Waals surface area (Å²) in [4.78, 5) is 14.5. The monoisotopic (exact) mass is 1110 g/mol. The lowest BCUT2D eigenvalue weighted by atomic mass is 9.83. The molecule has 7 unspecified atom stereocenters. The molecule has 2 bridgehead atoms. The summed E-state index contributed by atoms with van der Waals surface area (Å²) in [6.07, 6.45) is 7.21. The number of piperidine rings is 1. The molecule has 12 rings (SSSR count). The second-order valence-electron chi connectivity index (χ2n) is 22.8. The van der Waals surface area contributed by atoms with E-state index in [0.717, 1.165) is 66.7 Å². The summed E-state index contributed by atoms with van der Waals surface area (Å²) < 4.78 is 0. The highest BCUT2D eigenvalue weighted by molar-refractivity contribution is 6.30. The van der Waals surface area contributed by atoms with Crippen molar-refractivity contribution in [2.45, 2.75) is 121 Å². The van der Waals surface area contributed by atoms with E-state index < -0.39 is 0 Å². The van der Waals surface area contributed by atoms with Crippen LogP contribution >= 0.6 is 11.6 Å². The number of hydrogen-bond donors (Lipinski definition) is 6. The molecule has 0 saturated carbocycles. The van der Waals surface area contributed by atoms with Gasteiger partial charge in [-0.1, -0.05) is 251 Å². The van der Waals surface area contributed by atoms with Gasteiger partial charge in [-0.25, -0.2) is 0 Å². The largest absolute Gasteiger partial charge is 0.333 e. The van der Waals surface area contributed by atoms with Crippen molar-refractivity contribution in [2.24, 2.45) is 39.8 Å². The third-order valence-corrected chi connectivity index (χ3v) is 15.8. The van der Waals surface area contributed by atoms with Crippen LogP contribution in [0.15, 0.2) is 243 Å². The number of carbonyl (C=O) groups is 1. The number of fused-ring (bicyclic) bond motifs is 2. The first-order valence-electron chi connectivity index (χ1n) is 29.0. The van der Waals surface area contributed by atoms with Crippen LogP contribution in [0.25, 0.3) is 10.8 Å². The number of carbonyl (C=O) groups excluding carboxylic acids is 1. The van der Waals surface area contributed by atoms with Crippen LogP contribution in [-0.2, 0) is 12.8 Å². The number of aryl methyl sites for hydroxylation is 1. The van der Waals surface area contributed by atoms with Gasteiger partial charge in [0.15, 0.2) is 0 Å². The topological polar surface area (TPSA) is 176 Å². The lowest BCUT2D eigenvalue weighted by Crippen LogP contribution is -2.50. The zero-order valence-corrected chi connectivity index (χ0v) is 49.1. The van der Waals surface area contributed by atoms with Crippen LogP contribution in [0.1, 0.15) is 145 Å². The number of nitrogens with zero attached hydrogens (tertiary/aromatic N) is 1. The van der Waals surface area contributed by atoms with Crippen LogP contribution in [0.3, 0.4) is 0 Å². The molecule has 9 aromatic rings. The van der Waals surface area contributed by atoms with E-state index in [-0.39, 0.29) is 47.6 Å². The quantitative estimate of drug-likeness (QED) is 0.0833. The molecule has 9 heteroatoms. The first-order chi connectivity index (χ1) is 39.6. The van der Waals surface area contributed by atoms with Gasteiger partial charge in [0, 0.05) is 52.9 Å². The maximum absolute atomic E-state index is 12.5. The smallest absolute Gasteiger partial charge is 0.254 e. The van der Waals surface area contributed by atoms with Crippen molar-refractivity contribution in [1.82, 2.24) is 4.90 Å². The molecule has 9 aromatic carbocycles. The van der Waals surface area contributed by atoms with Crippen molar-refractivity contribution in [3.05, 3.63) is 298 Å². The first kappa shape index (κ1) is 62.4. The van der Waals surface area contributed by atoms with E-state index in [1.165, 1.54) is 44.2 Å². The molecule has 2 saturated heterocycles. The number of rotatable bonds is 9. The van der Waals surface area contributed by atoms with Crippen LogP contribution < -0.4 is 34.4 Å². The zero-order valence-electron chi connectivity index (χ0n) is 48.4. The number of hydrogen-bond acceptors (Lipinski definition) is 7. The lowest BCUT2D eigenvalue weighted by molar-refractivity contribution is 0.0575. The SMILES string of the molecule is CC(C)(C)C(N)c1ccccc1.CC(N)c1ccccc1.NC(CCc1ccccc1)c1ccccc1.NC(c1ccccc1)c1ccc(Cl)cc1.NC1CC2CCC(C1)N2C(=O)c1ccccc1.NC1Cc2cccc3cccc1c23. The van der Waals surface area contributed by atoms with E-state index in [0.29, 0.717) is 12.1 Å². The average molecular weight is 1110 g/mol. The fourth-order valence-corrected chi connectivity index (χ4v) is 11.0. The Morgan fingerprint density at radius 1 is 0.537 bits per heavy atom. The minimum atomic E-state index is -0.0801. The highest BCUT2D eigenvalue weighted by Crippen LogP contribution is 2.37. The Morgan fingerprint density at radius 2 is 0.988 bits per heavy atom. The van der Waals surface area contributed by atoms with Gasteiger partial charge in [-0.2, -0.15) is 0 Å². The standard InChI is InChI=1S/C15H17N.C14H18N2O.C13H12ClN.C12H11N.C11H17N.C8H11N/c16-15(14-9-5-2-6-10-14)12-11-13-7-3-1-4-8-13;15-11-8-12-6-7-13(9-11)16(12)14(17)10-4-2-1-3-5-10;14-12-8-6-11(7-9-12)13(15)10-4-2-1-3-5-10;13-11-7-9-5-1-3-8-4-2-6-10(11)12(8)9;1-11(2,3)10(12)9-7-5-4-6-8-9;1-7(9)8-5-3-2-4-6-8/h1-10,15H,11-12,16H2;1-5,11-13H,6-9,15H2;1-9,13H,15H2;1-6,11H,7,13H2;4-8,10H,12H2,1-3H3;2-7H,9H2,1H3. The second-order valence-corrected chi connectivity index (χ2v) is 23.2. The van der Waals surface area contributed by atoms with E-state index in [2.05, 4.69) is 111 Å². The van der Waals surface area contributed by atoms with Crippen LogP contribution in [0.5, 0.6) is 0 Å². The van der Waals surface area contributed by atoms with E-state index in [4.69, 9.17) is 46.0 Å². The molecule has 0 radical (unpaired) electrons. The normalized spacial score (nSPS) is 17.9. The predicted octanol–water partition coefficient (Wildman–Crippen LogP) is 15.3. The molecule has 12 N–H and O–H groups in total. The van der Waals surface area contributed by atoms with Gasteiger partial charge in [-0.15, -0.1) is 0 Å². The van der Waals surface area contributed by atoms with Crippen LogP contribution in [0, 0.1) is 5.41 Å². The third kappa shape index (κ3) is 18.4. The highest BCUT2D eigenvalue weighted by Gasteiger charge is 2.42. The molecule has 426 valence electrons. The maximum Gasteiger partial charge on any atom is 0.254 e. The maximum atomic E-state index is 12.5. The van der Waals surface area contributed by atoms with Crippen LogP contribution in [-0.4, -0.2) is 28.9 Å². The van der Waals surface area contributed by atoms with Gasteiger partial charge in [0.25, 0.3) is 5.91 Å². The Kier molecular flexibility index (Phi) is 23.8. The van der Waals surface area contributed by atoms with E-state index in [9.17, 15) is 4.79 Å². The van der Waals surface area contributed by atoms with Gasteiger partial charge >= 0.3 is 0 Å². The number of halogens is 1. The number of benzene rings is 9. The molecule has 1 amide bonds. The summed E-state index contributed by atoms with van der Waals surface area (Å²) in [5, 5.41) is 3.44. The minimum absolute atomic E-state index is 0.0801. The number of nitrogens with two attached hydrogens (primary N) is 6. The zero-order chi connectivity index (χ0) is 58.4. The first-order valence-corrected chi connectivity index (χ1v) is 29.4. The highest BCUT2D eigenvalue weighted by atomic mass is 35.5. The van der Waals surface area contributed by atoms with Crippen molar-refractivity contribution < 1.29 is 4.79 Å². The Morgan fingerprint density at radius 3 is 1.49 bits per heavy atom.